The lowest BCUT2D eigenvalue weighted by molar-refractivity contribution is 0.210. The monoisotopic (exact) mass is 171 g/mol. The third kappa shape index (κ3) is 2.47. The van der Waals surface area contributed by atoms with Crippen LogP contribution in [0.3, 0.4) is 0 Å². The number of nitrogens with one attached hydrogen (secondary N) is 1. The van der Waals surface area contributed by atoms with E-state index in [-0.39, 0.29) is 0 Å². The number of hydrogen-bond acceptors (Lipinski definition) is 1. The zero-order chi connectivity index (χ0) is 8.27. The molecule has 0 radical (unpaired) electrons. The molecule has 0 saturated carbocycles. The maximum absolute atomic E-state index is 10.1. The van der Waals surface area contributed by atoms with Crippen molar-refractivity contribution in [2.75, 3.05) is 5.32 Å². The number of amides is 1. The van der Waals surface area contributed by atoms with Crippen molar-refractivity contribution in [1.82, 2.24) is 0 Å². The van der Waals surface area contributed by atoms with Crippen molar-refractivity contribution >= 4 is 23.4 Å². The maximum Gasteiger partial charge on any atom is 0.409 e. The summed E-state index contributed by atoms with van der Waals surface area (Å²) in [5, 5.41) is 11.0. The summed E-state index contributed by atoms with van der Waals surface area (Å²) in [5.41, 5.74) is 0.477. The Balaban J connectivity index is 2.79. The zero-order valence-electron chi connectivity index (χ0n) is 5.54. The molecule has 0 heterocycles. The molecule has 0 unspecified atom stereocenters. The third-order valence-corrected chi connectivity index (χ3v) is 1.31. The van der Waals surface area contributed by atoms with Crippen LogP contribution in [0.4, 0.5) is 10.5 Å². The van der Waals surface area contributed by atoms with Crippen LogP contribution in [0.5, 0.6) is 0 Å². The van der Waals surface area contributed by atoms with E-state index in [1.165, 1.54) is 6.07 Å². The van der Waals surface area contributed by atoms with Crippen molar-refractivity contribution < 1.29 is 9.90 Å². The predicted octanol–water partition coefficient (Wildman–Crippen LogP) is 2.43. The highest BCUT2D eigenvalue weighted by molar-refractivity contribution is 6.30. The van der Waals surface area contributed by atoms with Gasteiger partial charge in [0.2, 0.25) is 0 Å². The summed E-state index contributed by atoms with van der Waals surface area (Å²) in [4.78, 5) is 10.1. The second-order valence-corrected chi connectivity index (χ2v) is 2.38. The molecule has 0 saturated heterocycles. The van der Waals surface area contributed by atoms with Gasteiger partial charge in [0.15, 0.2) is 0 Å². The molecule has 0 aliphatic carbocycles. The number of carboxylic acid groups (broad SMARTS) is 1. The van der Waals surface area contributed by atoms with E-state index in [2.05, 4.69) is 5.32 Å². The van der Waals surface area contributed by atoms with E-state index in [1.807, 2.05) is 0 Å². The zero-order valence-corrected chi connectivity index (χ0v) is 6.30. The Kier molecular flexibility index (Phi) is 2.33. The SMILES string of the molecule is O=C(O)Nc1cccc(Cl)c1. The van der Waals surface area contributed by atoms with Gasteiger partial charge in [-0.1, -0.05) is 17.7 Å². The van der Waals surface area contributed by atoms with Crippen LogP contribution in [0.15, 0.2) is 24.3 Å². The van der Waals surface area contributed by atoms with Crippen molar-refractivity contribution in [3.8, 4) is 0 Å². The molecule has 1 aromatic rings. The lowest BCUT2D eigenvalue weighted by atomic mass is 10.3. The normalized spacial score (nSPS) is 9.18. The smallest absolute Gasteiger partial charge is 0.409 e. The number of carbonyl (C=O) groups is 1. The lowest BCUT2D eigenvalue weighted by Crippen LogP contribution is -2.06. The van der Waals surface area contributed by atoms with Gasteiger partial charge in [0.1, 0.15) is 0 Å². The fourth-order valence-electron chi connectivity index (χ4n) is 0.690. The lowest BCUT2D eigenvalue weighted by Gasteiger charge is -1.98. The summed E-state index contributed by atoms with van der Waals surface area (Å²) in [5.74, 6) is 0. The van der Waals surface area contributed by atoms with E-state index in [9.17, 15) is 4.79 Å². The van der Waals surface area contributed by atoms with Gasteiger partial charge in [-0.05, 0) is 18.2 Å². The van der Waals surface area contributed by atoms with Crippen LogP contribution in [-0.4, -0.2) is 11.2 Å². The van der Waals surface area contributed by atoms with Crippen LogP contribution in [0.2, 0.25) is 5.02 Å². The Morgan fingerprint density at radius 2 is 2.27 bits per heavy atom. The van der Waals surface area contributed by atoms with Crippen LogP contribution in [0, 0.1) is 0 Å². The highest BCUT2D eigenvalue weighted by atomic mass is 35.5. The van der Waals surface area contributed by atoms with E-state index in [1.54, 1.807) is 18.2 Å². The first kappa shape index (κ1) is 7.88. The number of anilines is 1. The minimum absolute atomic E-state index is 0.477. The quantitative estimate of drug-likeness (QED) is 0.682. The van der Waals surface area contributed by atoms with Crippen molar-refractivity contribution in [3.63, 3.8) is 0 Å². The van der Waals surface area contributed by atoms with Gasteiger partial charge in [0.25, 0.3) is 0 Å². The topological polar surface area (TPSA) is 49.3 Å². The molecule has 0 bridgehead atoms. The van der Waals surface area contributed by atoms with Gasteiger partial charge in [-0.3, -0.25) is 5.32 Å². The van der Waals surface area contributed by atoms with Crippen molar-refractivity contribution in [2.45, 2.75) is 0 Å². The summed E-state index contributed by atoms with van der Waals surface area (Å²) in [6, 6.07) is 6.51. The van der Waals surface area contributed by atoms with Gasteiger partial charge < -0.3 is 5.11 Å². The van der Waals surface area contributed by atoms with Gasteiger partial charge in [0, 0.05) is 10.7 Å². The van der Waals surface area contributed by atoms with E-state index in [0.29, 0.717) is 10.7 Å². The molecule has 1 rings (SSSR count). The first-order valence-corrected chi connectivity index (χ1v) is 3.32. The molecule has 0 atom stereocenters. The minimum Gasteiger partial charge on any atom is -0.465 e. The second kappa shape index (κ2) is 3.25. The first-order chi connectivity index (χ1) is 5.18. The number of rotatable bonds is 1. The molecule has 0 spiro atoms. The maximum atomic E-state index is 10.1. The van der Waals surface area contributed by atoms with Gasteiger partial charge >= 0.3 is 6.09 Å². The standard InChI is InChI=1S/C7H6ClNO2/c8-5-2-1-3-6(4-5)9-7(10)11/h1-4,9H,(H,10,11). The highest BCUT2D eigenvalue weighted by Gasteiger charge is 1.96. The van der Waals surface area contributed by atoms with Crippen LogP contribution in [0.25, 0.3) is 0 Å². The summed E-state index contributed by atoms with van der Waals surface area (Å²) < 4.78 is 0. The van der Waals surface area contributed by atoms with Gasteiger partial charge in [0.05, 0.1) is 0 Å². The Hall–Kier alpha value is -1.22. The van der Waals surface area contributed by atoms with E-state index >= 15 is 0 Å². The Labute approximate surface area is 68.6 Å². The van der Waals surface area contributed by atoms with Crippen molar-refractivity contribution in [2.24, 2.45) is 0 Å². The molecule has 1 amide bonds. The molecule has 2 N–H and O–H groups in total. The highest BCUT2D eigenvalue weighted by Crippen LogP contribution is 2.14. The molecule has 1 aromatic carbocycles. The number of hydrogen-bond donors (Lipinski definition) is 2. The second-order valence-electron chi connectivity index (χ2n) is 1.94. The van der Waals surface area contributed by atoms with Gasteiger partial charge in [-0.25, -0.2) is 4.79 Å². The summed E-state index contributed by atoms with van der Waals surface area (Å²) in [6.45, 7) is 0. The predicted molar refractivity (Wildman–Crippen MR) is 43.1 cm³/mol. The van der Waals surface area contributed by atoms with Crippen LogP contribution >= 0.6 is 11.6 Å². The molecular weight excluding hydrogens is 166 g/mol. The van der Waals surface area contributed by atoms with Gasteiger partial charge in [-0.2, -0.15) is 0 Å². The fraction of sp³-hybridized carbons (Fsp3) is 0. The van der Waals surface area contributed by atoms with Crippen molar-refractivity contribution in [3.05, 3.63) is 29.3 Å². The Morgan fingerprint density at radius 3 is 2.82 bits per heavy atom. The molecular formula is C7H6ClNO2. The third-order valence-electron chi connectivity index (χ3n) is 1.08. The fourth-order valence-corrected chi connectivity index (χ4v) is 0.880. The molecule has 4 heteroatoms. The molecule has 11 heavy (non-hydrogen) atoms. The average Bonchev–Trinajstić information content (AvgIpc) is 1.85. The first-order valence-electron chi connectivity index (χ1n) is 2.94. The van der Waals surface area contributed by atoms with E-state index < -0.39 is 6.09 Å². The number of halogens is 1. The largest absolute Gasteiger partial charge is 0.465 e. The van der Waals surface area contributed by atoms with Crippen LogP contribution in [-0.2, 0) is 0 Å². The molecule has 3 nitrogen and oxygen atoms in total. The average molecular weight is 172 g/mol. The van der Waals surface area contributed by atoms with Crippen LogP contribution in [0.1, 0.15) is 0 Å². The minimum atomic E-state index is -1.09. The summed E-state index contributed by atoms with van der Waals surface area (Å²) in [6.07, 6.45) is -1.09. The molecule has 0 fully saturated rings. The summed E-state index contributed by atoms with van der Waals surface area (Å²) in [7, 11) is 0. The Bertz CT molecular complexity index is 275. The number of benzene rings is 1. The van der Waals surface area contributed by atoms with Crippen molar-refractivity contribution in [1.29, 1.82) is 0 Å². The van der Waals surface area contributed by atoms with Gasteiger partial charge in [-0.15, -0.1) is 0 Å². The molecule has 0 aliphatic rings. The Morgan fingerprint density at radius 1 is 1.55 bits per heavy atom. The van der Waals surface area contributed by atoms with E-state index in [0.717, 1.165) is 0 Å². The molecule has 58 valence electrons. The molecule has 0 aliphatic heterocycles. The molecule has 0 aromatic heterocycles. The summed E-state index contributed by atoms with van der Waals surface area (Å²) >= 11 is 5.60. The van der Waals surface area contributed by atoms with Crippen LogP contribution < -0.4 is 5.32 Å². The van der Waals surface area contributed by atoms with E-state index in [4.69, 9.17) is 16.7 Å².